The number of nitrogens with one attached hydrogen (secondary N) is 1. The summed E-state index contributed by atoms with van der Waals surface area (Å²) in [6.45, 7) is 7.99. The molecule has 1 N–H and O–H groups in total. The SMILES string of the molecule is CC(C)CCOCCNCCCCC#N. The normalized spacial score (nSPS) is 10.5. The molecule has 3 heteroatoms. The van der Waals surface area contributed by atoms with Crippen LogP contribution in [0.25, 0.3) is 0 Å². The minimum Gasteiger partial charge on any atom is -0.380 e. The van der Waals surface area contributed by atoms with E-state index in [2.05, 4.69) is 25.2 Å². The molecular formula is C12H24N2O. The first kappa shape index (κ1) is 14.4. The Morgan fingerprint density at radius 1 is 1.20 bits per heavy atom. The Hall–Kier alpha value is -0.590. The van der Waals surface area contributed by atoms with Crippen LogP contribution in [-0.4, -0.2) is 26.3 Å². The number of ether oxygens (including phenoxy) is 1. The number of rotatable bonds is 10. The molecule has 0 aromatic heterocycles. The van der Waals surface area contributed by atoms with Gasteiger partial charge in [0.05, 0.1) is 12.7 Å². The minimum absolute atomic E-state index is 0.673. The lowest BCUT2D eigenvalue weighted by atomic mass is 10.1. The largest absolute Gasteiger partial charge is 0.380 e. The lowest BCUT2D eigenvalue weighted by molar-refractivity contribution is 0.125. The van der Waals surface area contributed by atoms with E-state index in [0.29, 0.717) is 6.42 Å². The first-order chi connectivity index (χ1) is 7.27. The van der Waals surface area contributed by atoms with Gasteiger partial charge in [-0.2, -0.15) is 5.26 Å². The van der Waals surface area contributed by atoms with Gasteiger partial charge >= 0.3 is 0 Å². The van der Waals surface area contributed by atoms with Crippen LogP contribution in [0, 0.1) is 17.2 Å². The molecule has 0 aliphatic rings. The number of hydrogen-bond acceptors (Lipinski definition) is 3. The molecule has 0 radical (unpaired) electrons. The van der Waals surface area contributed by atoms with Crippen LogP contribution in [0.15, 0.2) is 0 Å². The fourth-order valence-electron chi connectivity index (χ4n) is 1.14. The highest BCUT2D eigenvalue weighted by atomic mass is 16.5. The Morgan fingerprint density at radius 2 is 2.00 bits per heavy atom. The van der Waals surface area contributed by atoms with E-state index in [1.54, 1.807) is 0 Å². The predicted octanol–water partition coefficient (Wildman–Crippen LogP) is 2.33. The van der Waals surface area contributed by atoms with Crippen LogP contribution < -0.4 is 5.32 Å². The van der Waals surface area contributed by atoms with Gasteiger partial charge in [0, 0.05) is 19.6 Å². The van der Waals surface area contributed by atoms with Gasteiger partial charge in [0.2, 0.25) is 0 Å². The molecule has 0 unspecified atom stereocenters. The van der Waals surface area contributed by atoms with Gasteiger partial charge < -0.3 is 10.1 Å². The van der Waals surface area contributed by atoms with E-state index < -0.39 is 0 Å². The zero-order valence-corrected chi connectivity index (χ0v) is 10.1. The molecule has 0 rings (SSSR count). The highest BCUT2D eigenvalue weighted by molar-refractivity contribution is 4.68. The van der Waals surface area contributed by atoms with E-state index in [4.69, 9.17) is 10.00 Å². The summed E-state index contributed by atoms with van der Waals surface area (Å²) in [4.78, 5) is 0. The van der Waals surface area contributed by atoms with Crippen LogP contribution in [0.5, 0.6) is 0 Å². The molecule has 0 aromatic carbocycles. The van der Waals surface area contributed by atoms with Gasteiger partial charge in [0.15, 0.2) is 0 Å². The van der Waals surface area contributed by atoms with Crippen molar-refractivity contribution in [2.45, 2.75) is 39.5 Å². The molecule has 0 aromatic rings. The summed E-state index contributed by atoms with van der Waals surface area (Å²) in [5.41, 5.74) is 0. The minimum atomic E-state index is 0.673. The molecule has 0 atom stereocenters. The van der Waals surface area contributed by atoms with Gasteiger partial charge in [-0.05, 0) is 31.7 Å². The molecule has 0 aliphatic heterocycles. The first-order valence-corrected chi connectivity index (χ1v) is 5.92. The summed E-state index contributed by atoms with van der Waals surface area (Å²) >= 11 is 0. The molecule has 3 nitrogen and oxygen atoms in total. The van der Waals surface area contributed by atoms with Crippen LogP contribution in [0.3, 0.4) is 0 Å². The van der Waals surface area contributed by atoms with Gasteiger partial charge in [-0.1, -0.05) is 13.8 Å². The summed E-state index contributed by atoms with van der Waals surface area (Å²) in [6.07, 6.45) is 3.89. The Kier molecular flexibility index (Phi) is 11.0. The van der Waals surface area contributed by atoms with Gasteiger partial charge in [0.1, 0.15) is 0 Å². The maximum atomic E-state index is 8.32. The molecule has 0 fully saturated rings. The second-order valence-electron chi connectivity index (χ2n) is 4.16. The van der Waals surface area contributed by atoms with Crippen LogP contribution in [0.1, 0.15) is 39.5 Å². The summed E-state index contributed by atoms with van der Waals surface area (Å²) < 4.78 is 5.46. The maximum absolute atomic E-state index is 8.32. The smallest absolute Gasteiger partial charge is 0.0621 e. The number of nitrogens with zero attached hydrogens (tertiary/aromatic N) is 1. The monoisotopic (exact) mass is 212 g/mol. The van der Waals surface area contributed by atoms with Crippen molar-refractivity contribution in [3.63, 3.8) is 0 Å². The Labute approximate surface area is 93.8 Å². The van der Waals surface area contributed by atoms with Gasteiger partial charge in [-0.25, -0.2) is 0 Å². The van der Waals surface area contributed by atoms with E-state index in [-0.39, 0.29) is 0 Å². The van der Waals surface area contributed by atoms with Gasteiger partial charge in [0.25, 0.3) is 0 Å². The van der Waals surface area contributed by atoms with Crippen molar-refractivity contribution in [3.05, 3.63) is 0 Å². The summed E-state index contributed by atoms with van der Waals surface area (Å²) in [5, 5.41) is 11.6. The van der Waals surface area contributed by atoms with E-state index >= 15 is 0 Å². The molecule has 0 amide bonds. The zero-order valence-electron chi connectivity index (χ0n) is 10.1. The fourth-order valence-corrected chi connectivity index (χ4v) is 1.14. The fraction of sp³-hybridized carbons (Fsp3) is 0.917. The lowest BCUT2D eigenvalue weighted by Crippen LogP contribution is -2.21. The van der Waals surface area contributed by atoms with Crippen molar-refractivity contribution in [1.29, 1.82) is 5.26 Å². The van der Waals surface area contributed by atoms with Crippen LogP contribution >= 0.6 is 0 Å². The number of hydrogen-bond donors (Lipinski definition) is 1. The molecular weight excluding hydrogens is 188 g/mol. The molecule has 0 bridgehead atoms. The van der Waals surface area contributed by atoms with Crippen molar-refractivity contribution >= 4 is 0 Å². The van der Waals surface area contributed by atoms with Gasteiger partial charge in [-0.3, -0.25) is 0 Å². The first-order valence-electron chi connectivity index (χ1n) is 5.92. The molecule has 0 saturated carbocycles. The van der Waals surface area contributed by atoms with Crippen molar-refractivity contribution in [2.75, 3.05) is 26.3 Å². The summed E-state index contributed by atoms with van der Waals surface area (Å²) in [7, 11) is 0. The molecule has 88 valence electrons. The van der Waals surface area contributed by atoms with Crippen LogP contribution in [0.2, 0.25) is 0 Å². The van der Waals surface area contributed by atoms with E-state index in [1.165, 1.54) is 0 Å². The zero-order chi connectivity index (χ0) is 11.4. The van der Waals surface area contributed by atoms with Crippen LogP contribution in [0.4, 0.5) is 0 Å². The molecule has 0 aliphatic carbocycles. The highest BCUT2D eigenvalue weighted by Gasteiger charge is 1.93. The quantitative estimate of drug-likeness (QED) is 0.565. The van der Waals surface area contributed by atoms with Crippen molar-refractivity contribution in [2.24, 2.45) is 5.92 Å². The Morgan fingerprint density at radius 3 is 2.67 bits per heavy atom. The average molecular weight is 212 g/mol. The second-order valence-corrected chi connectivity index (χ2v) is 4.16. The van der Waals surface area contributed by atoms with Crippen molar-refractivity contribution in [3.8, 4) is 6.07 Å². The number of unbranched alkanes of at least 4 members (excludes halogenated alkanes) is 2. The lowest BCUT2D eigenvalue weighted by Gasteiger charge is -2.07. The molecule has 0 spiro atoms. The Bertz CT molecular complexity index is 163. The topological polar surface area (TPSA) is 45.0 Å². The Balaban J connectivity index is 2.90. The van der Waals surface area contributed by atoms with Crippen molar-refractivity contribution < 1.29 is 4.74 Å². The third-order valence-electron chi connectivity index (χ3n) is 2.15. The third-order valence-corrected chi connectivity index (χ3v) is 2.15. The molecule has 0 heterocycles. The predicted molar refractivity (Wildman–Crippen MR) is 62.6 cm³/mol. The van der Waals surface area contributed by atoms with E-state index in [1.807, 2.05) is 0 Å². The third kappa shape index (κ3) is 13.4. The molecule has 15 heavy (non-hydrogen) atoms. The molecule has 0 saturated heterocycles. The average Bonchev–Trinajstić information content (AvgIpc) is 2.20. The van der Waals surface area contributed by atoms with E-state index in [9.17, 15) is 0 Å². The second kappa shape index (κ2) is 11.5. The standard InChI is InChI=1S/C12H24N2O/c1-12(2)6-10-15-11-9-14-8-5-3-4-7-13/h12,14H,3-6,8-11H2,1-2H3. The van der Waals surface area contributed by atoms with Crippen molar-refractivity contribution in [1.82, 2.24) is 5.32 Å². The summed E-state index contributed by atoms with van der Waals surface area (Å²) in [5.74, 6) is 0.726. The van der Waals surface area contributed by atoms with E-state index in [0.717, 1.165) is 51.5 Å². The van der Waals surface area contributed by atoms with Gasteiger partial charge in [-0.15, -0.1) is 0 Å². The van der Waals surface area contributed by atoms with Crippen LogP contribution in [-0.2, 0) is 4.74 Å². The summed E-state index contributed by atoms with van der Waals surface area (Å²) in [6, 6.07) is 2.14. The number of nitriles is 1. The maximum Gasteiger partial charge on any atom is 0.0621 e. The highest BCUT2D eigenvalue weighted by Crippen LogP contribution is 1.98.